The zero-order chi connectivity index (χ0) is 11.8. The number of hydrogen-bond donors (Lipinski definition) is 1. The fourth-order valence-electron chi connectivity index (χ4n) is 2.34. The van der Waals surface area contributed by atoms with Crippen LogP contribution in [0.4, 0.5) is 0 Å². The number of pyridine rings is 1. The Kier molecular flexibility index (Phi) is 2.44. The zero-order valence-electron chi connectivity index (χ0n) is 9.64. The zero-order valence-corrected chi connectivity index (χ0v) is 9.64. The third-order valence-corrected chi connectivity index (χ3v) is 3.36. The van der Waals surface area contributed by atoms with Crippen LogP contribution >= 0.6 is 0 Å². The van der Waals surface area contributed by atoms with Gasteiger partial charge in [-0.25, -0.2) is 4.98 Å². The van der Waals surface area contributed by atoms with E-state index >= 15 is 0 Å². The van der Waals surface area contributed by atoms with Gasteiger partial charge in [0.25, 0.3) is 0 Å². The lowest BCUT2D eigenvalue weighted by atomic mass is 9.96. The van der Waals surface area contributed by atoms with E-state index in [1.807, 2.05) is 12.1 Å². The lowest BCUT2D eigenvalue weighted by molar-refractivity contribution is 0.0581. The van der Waals surface area contributed by atoms with Gasteiger partial charge in [-0.1, -0.05) is 6.92 Å². The van der Waals surface area contributed by atoms with Gasteiger partial charge in [0.15, 0.2) is 5.78 Å². The van der Waals surface area contributed by atoms with Gasteiger partial charge in [-0.15, -0.1) is 0 Å². The average molecular weight is 230 g/mol. The molecule has 2 aromatic heterocycles. The number of nitrogens with one attached hydrogen (secondary N) is 1. The van der Waals surface area contributed by atoms with E-state index in [9.17, 15) is 4.79 Å². The second kappa shape index (κ2) is 3.96. The molecule has 1 fully saturated rings. The number of ketones is 1. The monoisotopic (exact) mass is 230 g/mol. The van der Waals surface area contributed by atoms with Crippen LogP contribution in [0.3, 0.4) is 0 Å². The Bertz CT molecular complexity index is 561. The van der Waals surface area contributed by atoms with Gasteiger partial charge in [-0.05, 0) is 24.5 Å². The summed E-state index contributed by atoms with van der Waals surface area (Å²) in [6, 6.07) is 3.75. The highest BCUT2D eigenvalue weighted by Crippen LogP contribution is 2.26. The summed E-state index contributed by atoms with van der Waals surface area (Å²) in [5.41, 5.74) is 1.44. The fourth-order valence-corrected chi connectivity index (χ4v) is 2.34. The Balaban J connectivity index is 2.01. The van der Waals surface area contributed by atoms with E-state index in [0.29, 0.717) is 18.1 Å². The predicted molar refractivity (Wildman–Crippen MR) is 63.9 cm³/mol. The molecule has 4 heteroatoms. The number of hydrogen-bond acceptors (Lipinski definition) is 3. The van der Waals surface area contributed by atoms with Crippen LogP contribution in [0.1, 0.15) is 23.7 Å². The number of rotatable bonds is 2. The van der Waals surface area contributed by atoms with Crippen molar-refractivity contribution in [1.29, 1.82) is 0 Å². The minimum atomic E-state index is -0.297. The first kappa shape index (κ1) is 10.5. The smallest absolute Gasteiger partial charge is 0.194 e. The highest BCUT2D eigenvalue weighted by atomic mass is 16.5. The van der Waals surface area contributed by atoms with Gasteiger partial charge in [0.2, 0.25) is 0 Å². The molecular weight excluding hydrogens is 216 g/mol. The molecule has 0 saturated carbocycles. The number of carbonyl (C=O) groups excluding carboxylic acids is 1. The molecule has 0 aromatic carbocycles. The standard InChI is InChI=1S/C13H14N2O2/c1-8-4-6-17-12(8)11(16)10-7-15-13-9(10)3-2-5-14-13/h2-3,5,7-8,12H,4,6H2,1H3,(H,14,15). The third-order valence-electron chi connectivity index (χ3n) is 3.36. The van der Waals surface area contributed by atoms with Gasteiger partial charge >= 0.3 is 0 Å². The maximum Gasteiger partial charge on any atom is 0.194 e. The van der Waals surface area contributed by atoms with Crippen molar-refractivity contribution >= 4 is 16.8 Å². The molecule has 1 saturated heterocycles. The Hall–Kier alpha value is -1.68. The van der Waals surface area contributed by atoms with Crippen LogP contribution in [0.25, 0.3) is 11.0 Å². The summed E-state index contributed by atoms with van der Waals surface area (Å²) in [6.45, 7) is 2.74. The molecule has 4 nitrogen and oxygen atoms in total. The molecule has 3 heterocycles. The number of aromatic amines is 1. The largest absolute Gasteiger partial charge is 0.370 e. The van der Waals surface area contributed by atoms with Crippen LogP contribution in [-0.4, -0.2) is 28.5 Å². The van der Waals surface area contributed by atoms with Gasteiger partial charge < -0.3 is 9.72 Å². The molecule has 0 radical (unpaired) electrons. The molecule has 0 amide bonds. The Labute approximate surface area is 99.0 Å². The SMILES string of the molecule is CC1CCOC1C(=O)c1c[nH]c2ncccc12. The summed E-state index contributed by atoms with van der Waals surface area (Å²) in [7, 11) is 0. The molecule has 1 aliphatic rings. The second-order valence-electron chi connectivity index (χ2n) is 4.52. The third kappa shape index (κ3) is 1.65. The first-order valence-electron chi connectivity index (χ1n) is 5.85. The number of ether oxygens (including phenoxy) is 1. The van der Waals surface area contributed by atoms with Crippen LogP contribution < -0.4 is 0 Å². The number of H-pyrrole nitrogens is 1. The Morgan fingerprint density at radius 1 is 1.59 bits per heavy atom. The van der Waals surface area contributed by atoms with Gasteiger partial charge in [0.1, 0.15) is 11.8 Å². The molecule has 0 spiro atoms. The summed E-state index contributed by atoms with van der Waals surface area (Å²) < 4.78 is 5.52. The number of aromatic nitrogens is 2. The first-order valence-corrected chi connectivity index (χ1v) is 5.85. The van der Waals surface area contributed by atoms with Crippen LogP contribution in [-0.2, 0) is 4.74 Å². The fraction of sp³-hybridized carbons (Fsp3) is 0.385. The molecule has 0 aliphatic carbocycles. The van der Waals surface area contributed by atoms with Crippen molar-refractivity contribution in [2.45, 2.75) is 19.4 Å². The lowest BCUT2D eigenvalue weighted by Crippen LogP contribution is -2.25. The minimum absolute atomic E-state index is 0.0641. The van der Waals surface area contributed by atoms with Gasteiger partial charge in [0, 0.05) is 30.0 Å². The van der Waals surface area contributed by atoms with E-state index in [1.54, 1.807) is 12.4 Å². The van der Waals surface area contributed by atoms with Crippen molar-refractivity contribution < 1.29 is 9.53 Å². The van der Waals surface area contributed by atoms with Gasteiger partial charge in [-0.3, -0.25) is 4.79 Å². The number of carbonyl (C=O) groups is 1. The first-order chi connectivity index (χ1) is 8.27. The molecule has 1 N–H and O–H groups in total. The topological polar surface area (TPSA) is 55.0 Å². The highest BCUT2D eigenvalue weighted by Gasteiger charge is 2.32. The average Bonchev–Trinajstić information content (AvgIpc) is 2.94. The summed E-state index contributed by atoms with van der Waals surface area (Å²) in [5, 5.41) is 0.875. The van der Waals surface area contributed by atoms with E-state index < -0.39 is 0 Å². The molecule has 1 aliphatic heterocycles. The normalized spacial score (nSPS) is 24.3. The Morgan fingerprint density at radius 2 is 2.47 bits per heavy atom. The summed E-state index contributed by atoms with van der Waals surface area (Å²) in [5.74, 6) is 0.360. The quantitative estimate of drug-likeness (QED) is 0.804. The Morgan fingerprint density at radius 3 is 3.24 bits per heavy atom. The summed E-state index contributed by atoms with van der Waals surface area (Å²) in [6.07, 6.45) is 4.10. The van der Waals surface area contributed by atoms with Crippen LogP contribution in [0, 0.1) is 5.92 Å². The molecule has 17 heavy (non-hydrogen) atoms. The lowest BCUT2D eigenvalue weighted by Gasteiger charge is -2.12. The molecule has 0 bridgehead atoms. The molecule has 2 aromatic rings. The summed E-state index contributed by atoms with van der Waals surface area (Å²) in [4.78, 5) is 19.6. The second-order valence-corrected chi connectivity index (χ2v) is 4.52. The van der Waals surface area contributed by atoms with Crippen molar-refractivity contribution in [3.8, 4) is 0 Å². The maximum atomic E-state index is 12.4. The van der Waals surface area contributed by atoms with Crippen molar-refractivity contribution in [1.82, 2.24) is 9.97 Å². The maximum absolute atomic E-state index is 12.4. The van der Waals surface area contributed by atoms with E-state index in [0.717, 1.165) is 17.5 Å². The van der Waals surface area contributed by atoms with E-state index in [-0.39, 0.29) is 11.9 Å². The van der Waals surface area contributed by atoms with Gasteiger partial charge in [0.05, 0.1) is 0 Å². The summed E-state index contributed by atoms with van der Waals surface area (Å²) >= 11 is 0. The predicted octanol–water partition coefficient (Wildman–Crippen LogP) is 2.17. The molecule has 2 unspecified atom stereocenters. The molecule has 2 atom stereocenters. The van der Waals surface area contributed by atoms with Crippen molar-refractivity contribution in [2.24, 2.45) is 5.92 Å². The van der Waals surface area contributed by atoms with Crippen molar-refractivity contribution in [3.63, 3.8) is 0 Å². The van der Waals surface area contributed by atoms with E-state index in [1.165, 1.54) is 0 Å². The van der Waals surface area contributed by atoms with E-state index in [4.69, 9.17) is 4.74 Å². The molecule has 88 valence electrons. The number of nitrogens with zero attached hydrogens (tertiary/aromatic N) is 1. The van der Waals surface area contributed by atoms with Gasteiger partial charge in [-0.2, -0.15) is 0 Å². The highest BCUT2D eigenvalue weighted by molar-refractivity contribution is 6.09. The van der Waals surface area contributed by atoms with Crippen LogP contribution in [0.2, 0.25) is 0 Å². The number of Topliss-reactive ketones (excluding diaryl/α,β-unsaturated/α-hetero) is 1. The van der Waals surface area contributed by atoms with E-state index in [2.05, 4.69) is 16.9 Å². The molecular formula is C13H14N2O2. The van der Waals surface area contributed by atoms with Crippen LogP contribution in [0.5, 0.6) is 0 Å². The van der Waals surface area contributed by atoms with Crippen molar-refractivity contribution in [3.05, 3.63) is 30.1 Å². The minimum Gasteiger partial charge on any atom is -0.370 e. The number of fused-ring (bicyclic) bond motifs is 1. The van der Waals surface area contributed by atoms with Crippen LogP contribution in [0.15, 0.2) is 24.5 Å². The van der Waals surface area contributed by atoms with Crippen molar-refractivity contribution in [2.75, 3.05) is 6.61 Å². The molecule has 3 rings (SSSR count).